The Morgan fingerprint density at radius 2 is 1.73 bits per heavy atom. The minimum Gasteiger partial charge on any atom is -0.494 e. The fraction of sp³-hybridized carbons (Fsp3) is 0.381. The van der Waals surface area contributed by atoms with Crippen LogP contribution in [0, 0.1) is 0 Å². The number of carbonyl (C=O) groups excluding carboxylic acids is 1. The number of amides is 1. The van der Waals surface area contributed by atoms with Crippen LogP contribution in [0.15, 0.2) is 53.4 Å². The standard InChI is InChI=1S/C21H26ClN3O4S/c1-3-29-18-10-8-17(9-11-18)23-21(26)16(2)24-12-14-25(15-13-24)30(27,28)20-7-5-4-6-19(20)22/h4-11,16H,3,12-15H2,1-2H3,(H,23,26). The van der Waals surface area contributed by atoms with Crippen molar-refractivity contribution in [2.45, 2.75) is 24.8 Å². The van der Waals surface area contributed by atoms with E-state index >= 15 is 0 Å². The maximum atomic E-state index is 12.9. The Morgan fingerprint density at radius 3 is 2.33 bits per heavy atom. The predicted octanol–water partition coefficient (Wildman–Crippen LogP) is 3.07. The average molecular weight is 452 g/mol. The fourth-order valence-corrected chi connectivity index (χ4v) is 5.25. The zero-order valence-electron chi connectivity index (χ0n) is 17.0. The van der Waals surface area contributed by atoms with Crippen molar-refractivity contribution in [1.29, 1.82) is 0 Å². The molecule has 30 heavy (non-hydrogen) atoms. The van der Waals surface area contributed by atoms with Gasteiger partial charge >= 0.3 is 0 Å². The smallest absolute Gasteiger partial charge is 0.244 e. The van der Waals surface area contributed by atoms with Crippen LogP contribution in [0.1, 0.15) is 13.8 Å². The SMILES string of the molecule is CCOc1ccc(NC(=O)C(C)N2CCN(S(=O)(=O)c3ccccc3Cl)CC2)cc1. The largest absolute Gasteiger partial charge is 0.494 e. The number of benzene rings is 2. The van der Waals surface area contributed by atoms with Crippen molar-refractivity contribution in [3.8, 4) is 5.75 Å². The van der Waals surface area contributed by atoms with Gasteiger partial charge in [-0.15, -0.1) is 0 Å². The van der Waals surface area contributed by atoms with Gasteiger partial charge in [-0.25, -0.2) is 8.42 Å². The number of piperazine rings is 1. The Labute approximate surface area is 182 Å². The number of nitrogens with zero attached hydrogens (tertiary/aromatic N) is 2. The lowest BCUT2D eigenvalue weighted by Crippen LogP contribution is -2.53. The molecule has 1 saturated heterocycles. The van der Waals surface area contributed by atoms with E-state index in [1.54, 1.807) is 30.3 Å². The lowest BCUT2D eigenvalue weighted by Gasteiger charge is -2.36. The van der Waals surface area contributed by atoms with Gasteiger partial charge in [0.25, 0.3) is 0 Å². The summed E-state index contributed by atoms with van der Waals surface area (Å²) in [6, 6.07) is 13.3. The van der Waals surface area contributed by atoms with Crippen LogP contribution in [-0.4, -0.2) is 62.4 Å². The molecule has 0 bridgehead atoms. The molecule has 2 aromatic carbocycles. The molecule has 0 aliphatic carbocycles. The maximum Gasteiger partial charge on any atom is 0.244 e. The zero-order chi connectivity index (χ0) is 21.7. The summed E-state index contributed by atoms with van der Waals surface area (Å²) in [5.41, 5.74) is 0.690. The van der Waals surface area contributed by atoms with Gasteiger partial charge in [0.2, 0.25) is 15.9 Å². The highest BCUT2D eigenvalue weighted by Gasteiger charge is 2.32. The van der Waals surface area contributed by atoms with E-state index in [4.69, 9.17) is 16.3 Å². The van der Waals surface area contributed by atoms with Gasteiger partial charge in [0.05, 0.1) is 17.7 Å². The first-order valence-corrected chi connectivity index (χ1v) is 11.7. The van der Waals surface area contributed by atoms with E-state index in [0.717, 1.165) is 5.75 Å². The third-order valence-electron chi connectivity index (χ3n) is 5.09. The van der Waals surface area contributed by atoms with Crippen LogP contribution < -0.4 is 10.1 Å². The molecular formula is C21H26ClN3O4S. The number of hydrogen-bond donors (Lipinski definition) is 1. The van der Waals surface area contributed by atoms with E-state index in [2.05, 4.69) is 5.32 Å². The lowest BCUT2D eigenvalue weighted by molar-refractivity contribution is -0.121. The quantitative estimate of drug-likeness (QED) is 0.699. The Balaban J connectivity index is 1.57. The predicted molar refractivity (Wildman–Crippen MR) is 117 cm³/mol. The molecule has 0 saturated carbocycles. The monoisotopic (exact) mass is 451 g/mol. The number of ether oxygens (including phenoxy) is 1. The number of nitrogens with one attached hydrogen (secondary N) is 1. The van der Waals surface area contributed by atoms with Crippen LogP contribution in [0.4, 0.5) is 5.69 Å². The molecule has 0 spiro atoms. The summed E-state index contributed by atoms with van der Waals surface area (Å²) in [4.78, 5) is 14.7. The molecule has 1 atom stereocenters. The summed E-state index contributed by atoms with van der Waals surface area (Å²) in [6.07, 6.45) is 0. The van der Waals surface area contributed by atoms with E-state index in [9.17, 15) is 13.2 Å². The van der Waals surface area contributed by atoms with Crippen molar-refractivity contribution in [3.05, 3.63) is 53.6 Å². The van der Waals surface area contributed by atoms with Gasteiger partial charge < -0.3 is 10.1 Å². The Bertz CT molecular complexity index is 974. The van der Waals surface area contributed by atoms with Crippen molar-refractivity contribution in [2.75, 3.05) is 38.1 Å². The second-order valence-corrected chi connectivity index (χ2v) is 9.31. The minimum absolute atomic E-state index is 0.112. The second kappa shape index (κ2) is 9.78. The second-order valence-electron chi connectivity index (χ2n) is 6.99. The van der Waals surface area contributed by atoms with Gasteiger partial charge in [0.15, 0.2) is 0 Å². The number of carbonyl (C=O) groups is 1. The molecule has 1 unspecified atom stereocenters. The molecule has 3 rings (SSSR count). The van der Waals surface area contributed by atoms with Gasteiger partial charge in [-0.1, -0.05) is 23.7 Å². The summed E-state index contributed by atoms with van der Waals surface area (Å²) < 4.78 is 32.6. The van der Waals surface area contributed by atoms with Gasteiger partial charge in [0.1, 0.15) is 10.6 Å². The van der Waals surface area contributed by atoms with Gasteiger partial charge in [-0.05, 0) is 50.2 Å². The van der Waals surface area contributed by atoms with Crippen molar-refractivity contribution in [2.24, 2.45) is 0 Å². The van der Waals surface area contributed by atoms with E-state index in [1.807, 2.05) is 30.9 Å². The van der Waals surface area contributed by atoms with Crippen LogP contribution >= 0.6 is 11.6 Å². The summed E-state index contributed by atoms with van der Waals surface area (Å²) >= 11 is 6.08. The van der Waals surface area contributed by atoms with Crippen LogP contribution in [0.25, 0.3) is 0 Å². The minimum atomic E-state index is -3.66. The van der Waals surface area contributed by atoms with Crippen molar-refractivity contribution < 1.29 is 17.9 Å². The molecule has 1 heterocycles. The molecule has 1 N–H and O–H groups in total. The molecule has 1 aliphatic rings. The summed E-state index contributed by atoms with van der Waals surface area (Å²) in [5, 5.41) is 3.11. The van der Waals surface area contributed by atoms with E-state index < -0.39 is 10.0 Å². The van der Waals surface area contributed by atoms with Gasteiger partial charge in [-0.2, -0.15) is 4.31 Å². The van der Waals surface area contributed by atoms with Crippen LogP contribution in [0.3, 0.4) is 0 Å². The molecule has 0 aromatic heterocycles. The highest BCUT2D eigenvalue weighted by atomic mass is 35.5. The van der Waals surface area contributed by atoms with Gasteiger partial charge in [-0.3, -0.25) is 9.69 Å². The third kappa shape index (κ3) is 5.13. The highest BCUT2D eigenvalue weighted by Crippen LogP contribution is 2.25. The van der Waals surface area contributed by atoms with Crippen LogP contribution in [0.5, 0.6) is 5.75 Å². The van der Waals surface area contributed by atoms with E-state index in [0.29, 0.717) is 38.5 Å². The Kier molecular flexibility index (Phi) is 7.36. The molecule has 1 amide bonds. The van der Waals surface area contributed by atoms with Crippen molar-refractivity contribution in [1.82, 2.24) is 9.21 Å². The first kappa shape index (κ1) is 22.6. The normalized spacial score (nSPS) is 16.8. The Morgan fingerprint density at radius 1 is 1.10 bits per heavy atom. The van der Waals surface area contributed by atoms with Crippen molar-refractivity contribution in [3.63, 3.8) is 0 Å². The molecule has 7 nitrogen and oxygen atoms in total. The van der Waals surface area contributed by atoms with E-state index in [1.165, 1.54) is 10.4 Å². The molecule has 1 fully saturated rings. The lowest BCUT2D eigenvalue weighted by atomic mass is 10.2. The van der Waals surface area contributed by atoms with E-state index in [-0.39, 0.29) is 21.9 Å². The third-order valence-corrected chi connectivity index (χ3v) is 7.49. The highest BCUT2D eigenvalue weighted by molar-refractivity contribution is 7.89. The number of halogens is 1. The molecular weight excluding hydrogens is 426 g/mol. The number of anilines is 1. The Hall–Kier alpha value is -2.13. The maximum absolute atomic E-state index is 12.9. The number of rotatable bonds is 7. The molecule has 1 aliphatic heterocycles. The first-order chi connectivity index (χ1) is 14.3. The number of sulfonamides is 1. The van der Waals surface area contributed by atoms with Gasteiger partial charge in [0, 0.05) is 31.9 Å². The zero-order valence-corrected chi connectivity index (χ0v) is 18.6. The molecule has 0 radical (unpaired) electrons. The van der Waals surface area contributed by atoms with Crippen LogP contribution in [0.2, 0.25) is 5.02 Å². The molecule has 9 heteroatoms. The average Bonchev–Trinajstić information content (AvgIpc) is 2.75. The molecule has 2 aromatic rings. The summed E-state index contributed by atoms with van der Waals surface area (Å²) in [5.74, 6) is 0.612. The topological polar surface area (TPSA) is 79.0 Å². The van der Waals surface area contributed by atoms with Crippen LogP contribution in [-0.2, 0) is 14.8 Å². The summed E-state index contributed by atoms with van der Waals surface area (Å²) in [7, 11) is -3.66. The first-order valence-electron chi connectivity index (χ1n) is 9.85. The fourth-order valence-electron chi connectivity index (χ4n) is 3.34. The summed E-state index contributed by atoms with van der Waals surface area (Å²) in [6.45, 7) is 5.84. The molecule has 162 valence electrons. The number of hydrogen-bond acceptors (Lipinski definition) is 5. The van der Waals surface area contributed by atoms with Crippen molar-refractivity contribution >= 4 is 33.2 Å².